The number of halogens is 4. The van der Waals surface area contributed by atoms with Crippen LogP contribution in [0.3, 0.4) is 0 Å². The number of hydrogen-bond donors (Lipinski definition) is 1. The van der Waals surface area contributed by atoms with E-state index in [0.717, 1.165) is 6.07 Å². The summed E-state index contributed by atoms with van der Waals surface area (Å²) in [4.78, 5) is -0.789. The molecule has 0 amide bonds. The molecule has 1 aromatic rings. The minimum atomic E-state index is -5.39. The molecule has 0 aliphatic heterocycles. The Morgan fingerprint density at radius 3 is 2.25 bits per heavy atom. The van der Waals surface area contributed by atoms with Gasteiger partial charge in [-0.25, -0.2) is 8.42 Å². The number of nitrogens with one attached hydrogen (secondary N) is 1. The molecule has 1 N–H and O–H groups in total. The Bertz CT molecular complexity index is 558. The fourth-order valence-electron chi connectivity index (χ4n) is 1.53. The van der Waals surface area contributed by atoms with Crippen molar-refractivity contribution in [3.05, 3.63) is 24.3 Å². The van der Waals surface area contributed by atoms with E-state index >= 15 is 0 Å². The van der Waals surface area contributed by atoms with Gasteiger partial charge in [-0.15, -0.1) is 11.6 Å². The van der Waals surface area contributed by atoms with Gasteiger partial charge in [0.25, 0.3) is 9.84 Å². The second-order valence-electron chi connectivity index (χ2n) is 4.59. The Morgan fingerprint density at radius 1 is 1.25 bits per heavy atom. The average Bonchev–Trinajstić information content (AvgIpc) is 2.34. The smallest absolute Gasteiger partial charge is 0.380 e. The summed E-state index contributed by atoms with van der Waals surface area (Å²) in [6.07, 6.45) is 0. The van der Waals surface area contributed by atoms with Crippen LogP contribution in [0.4, 0.5) is 18.9 Å². The molecular formula is C12H15ClF3NO2S. The van der Waals surface area contributed by atoms with Crippen molar-refractivity contribution in [3.63, 3.8) is 0 Å². The summed E-state index contributed by atoms with van der Waals surface area (Å²) < 4.78 is 60.9. The Labute approximate surface area is 121 Å². The van der Waals surface area contributed by atoms with Crippen LogP contribution < -0.4 is 5.32 Å². The van der Waals surface area contributed by atoms with Gasteiger partial charge in [0.15, 0.2) is 0 Å². The van der Waals surface area contributed by atoms with Crippen molar-refractivity contribution in [3.8, 4) is 0 Å². The standard InChI is InChI=1S/C12H15ClF3NO2S/c1-8(2)10(7-13)17-9-5-3-4-6-11(9)20(18,19)12(14,15)16/h3-6,8,10,17H,7H2,1-2H3. The molecule has 1 aromatic carbocycles. The molecule has 0 aliphatic rings. The Morgan fingerprint density at radius 2 is 1.80 bits per heavy atom. The highest BCUT2D eigenvalue weighted by Crippen LogP contribution is 2.34. The van der Waals surface area contributed by atoms with Gasteiger partial charge in [0.2, 0.25) is 0 Å². The number of benzene rings is 1. The van der Waals surface area contributed by atoms with Gasteiger partial charge < -0.3 is 5.32 Å². The second-order valence-corrected chi connectivity index (χ2v) is 6.81. The first-order valence-electron chi connectivity index (χ1n) is 5.84. The predicted octanol–water partition coefficient (Wildman–Crippen LogP) is 3.66. The van der Waals surface area contributed by atoms with Crippen molar-refractivity contribution in [1.82, 2.24) is 0 Å². The lowest BCUT2D eigenvalue weighted by atomic mass is 10.1. The second kappa shape index (κ2) is 6.22. The first kappa shape index (κ1) is 17.1. The van der Waals surface area contributed by atoms with Crippen molar-refractivity contribution >= 4 is 27.1 Å². The van der Waals surface area contributed by atoms with Crippen LogP contribution in [0.5, 0.6) is 0 Å². The zero-order valence-corrected chi connectivity index (χ0v) is 12.5. The number of anilines is 1. The molecule has 0 heterocycles. The van der Waals surface area contributed by atoms with E-state index in [1.54, 1.807) is 0 Å². The summed E-state index contributed by atoms with van der Waals surface area (Å²) in [5.74, 6) is 0.187. The van der Waals surface area contributed by atoms with Crippen molar-refractivity contribution < 1.29 is 21.6 Å². The van der Waals surface area contributed by atoms with Crippen LogP contribution in [0.1, 0.15) is 13.8 Å². The maximum Gasteiger partial charge on any atom is 0.501 e. The van der Waals surface area contributed by atoms with Crippen LogP contribution >= 0.6 is 11.6 Å². The van der Waals surface area contributed by atoms with Crippen LogP contribution in [0.15, 0.2) is 29.2 Å². The molecule has 0 aliphatic carbocycles. The molecule has 0 saturated carbocycles. The molecule has 8 heteroatoms. The lowest BCUT2D eigenvalue weighted by molar-refractivity contribution is -0.0435. The molecule has 0 fully saturated rings. The van der Waals surface area contributed by atoms with Crippen LogP contribution in [0.2, 0.25) is 0 Å². The van der Waals surface area contributed by atoms with Gasteiger partial charge >= 0.3 is 5.51 Å². The largest absolute Gasteiger partial charge is 0.501 e. The summed E-state index contributed by atoms with van der Waals surface area (Å²) >= 11 is 5.73. The van der Waals surface area contributed by atoms with E-state index in [4.69, 9.17) is 11.6 Å². The van der Waals surface area contributed by atoms with E-state index in [9.17, 15) is 21.6 Å². The molecule has 3 nitrogen and oxygen atoms in total. The summed E-state index contributed by atoms with van der Waals surface area (Å²) in [7, 11) is -5.39. The predicted molar refractivity (Wildman–Crippen MR) is 72.7 cm³/mol. The van der Waals surface area contributed by atoms with E-state index in [2.05, 4.69) is 5.32 Å². The fourth-order valence-corrected chi connectivity index (χ4v) is 2.89. The topological polar surface area (TPSA) is 46.2 Å². The zero-order valence-electron chi connectivity index (χ0n) is 10.9. The van der Waals surface area contributed by atoms with Gasteiger partial charge in [0.1, 0.15) is 0 Å². The van der Waals surface area contributed by atoms with Crippen LogP contribution in [0.25, 0.3) is 0 Å². The van der Waals surface area contributed by atoms with Gasteiger partial charge in [0, 0.05) is 11.9 Å². The molecule has 0 saturated heterocycles. The summed E-state index contributed by atoms with van der Waals surface area (Å²) in [5, 5.41) is 2.76. The van der Waals surface area contributed by atoms with Gasteiger partial charge in [-0.2, -0.15) is 13.2 Å². The number of hydrogen-bond acceptors (Lipinski definition) is 3. The number of para-hydroxylation sites is 1. The van der Waals surface area contributed by atoms with Crippen molar-refractivity contribution in [2.24, 2.45) is 5.92 Å². The van der Waals surface area contributed by atoms with E-state index < -0.39 is 20.2 Å². The lowest BCUT2D eigenvalue weighted by Gasteiger charge is -2.23. The highest BCUT2D eigenvalue weighted by Gasteiger charge is 2.48. The first-order valence-corrected chi connectivity index (χ1v) is 7.86. The third-order valence-electron chi connectivity index (χ3n) is 2.79. The first-order chi connectivity index (χ1) is 9.11. The van der Waals surface area contributed by atoms with Crippen LogP contribution in [0, 0.1) is 5.92 Å². The average molecular weight is 330 g/mol. The van der Waals surface area contributed by atoms with Crippen molar-refractivity contribution in [2.75, 3.05) is 11.2 Å². The van der Waals surface area contributed by atoms with Crippen LogP contribution in [-0.2, 0) is 9.84 Å². The van der Waals surface area contributed by atoms with Crippen molar-refractivity contribution in [1.29, 1.82) is 0 Å². The molecular weight excluding hydrogens is 315 g/mol. The summed E-state index contributed by atoms with van der Waals surface area (Å²) in [6, 6.07) is 4.59. The maximum atomic E-state index is 12.6. The Kier molecular flexibility index (Phi) is 5.32. The molecule has 0 aromatic heterocycles. The molecule has 1 atom stereocenters. The lowest BCUT2D eigenvalue weighted by Crippen LogP contribution is -2.30. The van der Waals surface area contributed by atoms with Gasteiger partial charge in [-0.05, 0) is 18.1 Å². The summed E-state index contributed by atoms with van der Waals surface area (Å²) in [6.45, 7) is 3.67. The highest BCUT2D eigenvalue weighted by atomic mass is 35.5. The van der Waals surface area contributed by atoms with E-state index in [0.29, 0.717) is 0 Å². The van der Waals surface area contributed by atoms with Gasteiger partial charge in [-0.3, -0.25) is 0 Å². The monoisotopic (exact) mass is 329 g/mol. The number of rotatable bonds is 5. The molecule has 0 spiro atoms. The minimum absolute atomic E-state index is 0.0362. The Balaban J connectivity index is 3.26. The van der Waals surface area contributed by atoms with E-state index in [-0.39, 0.29) is 23.5 Å². The maximum absolute atomic E-state index is 12.6. The normalized spacial score (nSPS) is 14.3. The SMILES string of the molecule is CC(C)C(CCl)Nc1ccccc1S(=O)(=O)C(F)(F)F. The minimum Gasteiger partial charge on any atom is -0.380 e. The van der Waals surface area contributed by atoms with Gasteiger partial charge in [-0.1, -0.05) is 26.0 Å². The third-order valence-corrected chi connectivity index (χ3v) is 4.67. The number of sulfone groups is 1. The molecule has 0 radical (unpaired) electrons. The van der Waals surface area contributed by atoms with Crippen molar-refractivity contribution in [2.45, 2.75) is 30.3 Å². The molecule has 0 bridgehead atoms. The van der Waals surface area contributed by atoms with E-state index in [1.807, 2.05) is 13.8 Å². The zero-order chi connectivity index (χ0) is 15.6. The molecule has 1 rings (SSSR count). The van der Waals surface area contributed by atoms with Crippen LogP contribution in [-0.4, -0.2) is 25.8 Å². The third kappa shape index (κ3) is 3.58. The molecule has 20 heavy (non-hydrogen) atoms. The highest BCUT2D eigenvalue weighted by molar-refractivity contribution is 7.92. The molecule has 1 unspecified atom stereocenters. The van der Waals surface area contributed by atoms with Gasteiger partial charge in [0.05, 0.1) is 10.6 Å². The molecule has 114 valence electrons. The summed E-state index contributed by atoms with van der Waals surface area (Å²) in [5.41, 5.74) is -5.43. The Hall–Kier alpha value is -0.950. The number of alkyl halides is 4. The quantitative estimate of drug-likeness (QED) is 0.839. The fraction of sp³-hybridized carbons (Fsp3) is 0.500. The van der Waals surface area contributed by atoms with E-state index in [1.165, 1.54) is 18.2 Å².